The largest absolute Gasteiger partial charge is 0.490 e. The van der Waals surface area contributed by atoms with Crippen molar-refractivity contribution in [3.63, 3.8) is 0 Å². The van der Waals surface area contributed by atoms with Gasteiger partial charge in [-0.05, 0) is 91.3 Å². The molecule has 3 amide bonds. The summed E-state index contributed by atoms with van der Waals surface area (Å²) in [5, 5.41) is 36.1. The van der Waals surface area contributed by atoms with Gasteiger partial charge in [0.1, 0.15) is 5.02 Å². The lowest BCUT2D eigenvalue weighted by atomic mass is 9.93. The summed E-state index contributed by atoms with van der Waals surface area (Å²) >= 11 is 6.38. The van der Waals surface area contributed by atoms with Crippen LogP contribution in [0.2, 0.25) is 5.02 Å². The minimum Gasteiger partial charge on any atom is -0.475 e. The van der Waals surface area contributed by atoms with Crippen LogP contribution in [0.3, 0.4) is 0 Å². The molecule has 2 aliphatic heterocycles. The van der Waals surface area contributed by atoms with E-state index in [1.165, 1.54) is 6.20 Å². The van der Waals surface area contributed by atoms with Crippen LogP contribution in [-0.2, 0) is 27.2 Å². The van der Waals surface area contributed by atoms with Crippen LogP contribution in [0.1, 0.15) is 36.0 Å². The van der Waals surface area contributed by atoms with Crippen LogP contribution in [0.4, 0.5) is 65.7 Å². The number of carboxylic acids is 2. The summed E-state index contributed by atoms with van der Waals surface area (Å²) in [4.78, 5) is 58.6. The molecule has 6 N–H and O–H groups in total. The molecule has 4 heterocycles. The molecule has 0 spiro atoms. The summed E-state index contributed by atoms with van der Waals surface area (Å²) in [7, 11) is 0. The van der Waals surface area contributed by atoms with Crippen molar-refractivity contribution >= 4 is 70.0 Å². The number of nitrogens with zero attached hydrogens (tertiary/aromatic N) is 5. The molecule has 2 aliphatic rings. The smallest absolute Gasteiger partial charge is 0.475 e. The number of aromatic nitrogens is 3. The van der Waals surface area contributed by atoms with Gasteiger partial charge in [-0.3, -0.25) is 9.78 Å². The second-order valence-corrected chi connectivity index (χ2v) is 12.9. The first-order chi connectivity index (χ1) is 27.3. The number of urea groups is 1. The molecule has 6 bridgehead atoms. The van der Waals surface area contributed by atoms with Crippen molar-refractivity contribution in [2.24, 2.45) is 5.92 Å². The predicted octanol–water partition coefficient (Wildman–Crippen LogP) is 7.52. The van der Waals surface area contributed by atoms with Crippen molar-refractivity contribution in [1.29, 1.82) is 5.26 Å². The number of aryl methyl sites for hydroxylation is 2. The van der Waals surface area contributed by atoms with Gasteiger partial charge in [0.05, 0.1) is 29.7 Å². The van der Waals surface area contributed by atoms with Crippen LogP contribution in [0.15, 0.2) is 67.1 Å². The number of carboxylic acid groups (broad SMARTS) is 2. The zero-order chi connectivity index (χ0) is 42.6. The van der Waals surface area contributed by atoms with Gasteiger partial charge >= 0.3 is 30.3 Å². The fraction of sp³-hybridized carbons (Fsp3) is 0.278. The summed E-state index contributed by atoms with van der Waals surface area (Å²) in [6, 6.07) is 16.5. The number of carbonyl (C=O) groups excluding carboxylic acids is 2. The van der Waals surface area contributed by atoms with E-state index in [4.69, 9.17) is 36.7 Å². The number of anilines is 6. The first-order valence-electron chi connectivity index (χ1n) is 16.9. The van der Waals surface area contributed by atoms with Gasteiger partial charge < -0.3 is 36.4 Å². The Hall–Kier alpha value is -6.69. The maximum atomic E-state index is 13.2. The van der Waals surface area contributed by atoms with Crippen molar-refractivity contribution in [2.75, 3.05) is 34.4 Å². The molecule has 0 aliphatic carbocycles. The highest BCUT2D eigenvalue weighted by molar-refractivity contribution is 6.32. The fourth-order valence-electron chi connectivity index (χ4n) is 5.39. The monoisotopic (exact) mass is 835 g/mol. The van der Waals surface area contributed by atoms with E-state index in [1.807, 2.05) is 30.5 Å². The van der Waals surface area contributed by atoms with Crippen LogP contribution in [-0.4, -0.2) is 79.4 Å². The van der Waals surface area contributed by atoms with Crippen molar-refractivity contribution in [3.05, 3.63) is 88.8 Å². The molecule has 4 aromatic rings. The number of hydrogen-bond donors (Lipinski definition) is 6. The molecule has 306 valence electrons. The van der Waals surface area contributed by atoms with Crippen molar-refractivity contribution < 1.29 is 55.7 Å². The Morgan fingerprint density at radius 2 is 1.50 bits per heavy atom. The topological polar surface area (TPSA) is 223 Å². The number of nitriles is 1. The van der Waals surface area contributed by atoms with Crippen LogP contribution < -0.4 is 21.3 Å². The first kappa shape index (κ1) is 44.0. The highest BCUT2D eigenvalue weighted by Crippen LogP contribution is 2.30. The number of aliphatic carboxylic acids is 2. The molecule has 0 unspecified atom stereocenters. The molecule has 22 heteroatoms. The molecule has 58 heavy (non-hydrogen) atoms. The zero-order valence-electron chi connectivity index (χ0n) is 29.8. The minimum absolute atomic E-state index is 0.0540. The number of benzene rings is 2. The van der Waals surface area contributed by atoms with Gasteiger partial charge in [0.2, 0.25) is 11.9 Å². The van der Waals surface area contributed by atoms with E-state index in [0.717, 1.165) is 47.5 Å². The third-order valence-electron chi connectivity index (χ3n) is 8.25. The molecular formula is C36H32ClF6N9O6. The van der Waals surface area contributed by atoms with Gasteiger partial charge in [0, 0.05) is 42.8 Å². The summed E-state index contributed by atoms with van der Waals surface area (Å²) in [5.41, 5.74) is 5.51. The van der Waals surface area contributed by atoms with Gasteiger partial charge in [0.15, 0.2) is 5.82 Å². The number of likely N-dealkylation sites (tertiary alicyclic amines) is 1. The highest BCUT2D eigenvalue weighted by Gasteiger charge is 2.39. The minimum atomic E-state index is -5.08. The van der Waals surface area contributed by atoms with Gasteiger partial charge in [0.25, 0.3) is 0 Å². The van der Waals surface area contributed by atoms with Crippen molar-refractivity contribution in [3.8, 4) is 6.07 Å². The molecule has 0 atom stereocenters. The number of amides is 3. The molecule has 0 saturated carbocycles. The molecule has 1 fully saturated rings. The second kappa shape index (κ2) is 19.4. The lowest BCUT2D eigenvalue weighted by molar-refractivity contribution is -0.193. The molecule has 0 radical (unpaired) electrons. The average molecular weight is 836 g/mol. The number of fused-ring (bicyclic) bond motifs is 6. The normalized spacial score (nSPS) is 13.7. The molecule has 2 aromatic carbocycles. The standard InChI is InChI=1S/C32H30ClN9O2.2C2HF3O2/c33-27-19-36-31-38-26-13-22(17-35-18-26)1-4-23-15-25(37-30(27)41-31)7-8-28(23)40-29(43)14-20-9-11-42(12-10-20)32(44)39-24-5-2-21(16-34)3-6-24;2*3-2(4,5)1(6)7/h2-3,5-8,13,15,17-20H,1,4,9-12,14H2,(H,39,44)(H,40,43)(H2,36,37,38,41);2*(H,6,7). The van der Waals surface area contributed by atoms with Crippen LogP contribution in [0.5, 0.6) is 0 Å². The summed E-state index contributed by atoms with van der Waals surface area (Å²) in [6.07, 6.45) is -1.83. The Kier molecular flexibility index (Phi) is 14.8. The molecule has 2 aromatic heterocycles. The van der Waals surface area contributed by atoms with E-state index in [9.17, 15) is 35.9 Å². The number of alkyl halides is 6. The Bertz CT molecular complexity index is 2140. The maximum Gasteiger partial charge on any atom is 0.490 e. The highest BCUT2D eigenvalue weighted by atomic mass is 35.5. The predicted molar refractivity (Wildman–Crippen MR) is 197 cm³/mol. The molecular weight excluding hydrogens is 804 g/mol. The lowest BCUT2D eigenvalue weighted by Gasteiger charge is -2.31. The zero-order valence-corrected chi connectivity index (χ0v) is 30.5. The van der Waals surface area contributed by atoms with Crippen LogP contribution in [0, 0.1) is 17.2 Å². The Labute approximate surface area is 330 Å². The number of halogens is 7. The Morgan fingerprint density at radius 3 is 2.10 bits per heavy atom. The van der Waals surface area contributed by atoms with E-state index >= 15 is 0 Å². The number of rotatable bonds is 4. The Morgan fingerprint density at radius 1 is 0.862 bits per heavy atom. The van der Waals surface area contributed by atoms with Crippen molar-refractivity contribution in [1.82, 2.24) is 19.9 Å². The van der Waals surface area contributed by atoms with Gasteiger partial charge in [-0.1, -0.05) is 11.6 Å². The number of nitrogens with one attached hydrogen (secondary N) is 4. The van der Waals surface area contributed by atoms with E-state index in [1.54, 1.807) is 35.4 Å². The third-order valence-corrected chi connectivity index (χ3v) is 8.52. The first-order valence-corrected chi connectivity index (χ1v) is 17.3. The lowest BCUT2D eigenvalue weighted by Crippen LogP contribution is -2.41. The molecule has 15 nitrogen and oxygen atoms in total. The molecule has 6 rings (SSSR count). The SMILES string of the molecule is N#Cc1ccc(NC(=O)N2CCC(CC(=O)Nc3ccc4cc3CCc3cncc(c3)Nc3ncc(Cl)c(n3)N4)CC2)cc1.O=C(O)C(F)(F)F.O=C(O)C(F)(F)F. The summed E-state index contributed by atoms with van der Waals surface area (Å²) in [6.45, 7) is 1.14. The summed E-state index contributed by atoms with van der Waals surface area (Å²) in [5.74, 6) is -4.53. The fourth-order valence-corrected chi connectivity index (χ4v) is 5.53. The third kappa shape index (κ3) is 13.5. The molecule has 1 saturated heterocycles. The maximum absolute atomic E-state index is 13.2. The Balaban J connectivity index is 0.000000456. The van der Waals surface area contributed by atoms with E-state index < -0.39 is 24.3 Å². The number of piperidine rings is 1. The number of hydrogen-bond acceptors (Lipinski definition) is 10. The van der Waals surface area contributed by atoms with Crippen LogP contribution in [0.25, 0.3) is 0 Å². The summed E-state index contributed by atoms with van der Waals surface area (Å²) < 4.78 is 63.5. The quantitative estimate of drug-likeness (QED) is 0.110. The number of pyridine rings is 1. The van der Waals surface area contributed by atoms with Crippen molar-refractivity contribution in [2.45, 2.75) is 44.5 Å². The van der Waals surface area contributed by atoms with Gasteiger partial charge in [-0.2, -0.15) is 36.6 Å². The van der Waals surface area contributed by atoms with E-state index in [2.05, 4.69) is 42.3 Å². The second-order valence-electron chi connectivity index (χ2n) is 12.5. The number of carbonyl (C=O) groups is 4. The van der Waals surface area contributed by atoms with E-state index in [-0.39, 0.29) is 17.9 Å². The van der Waals surface area contributed by atoms with Gasteiger partial charge in [-0.15, -0.1) is 0 Å². The average Bonchev–Trinajstić information content (AvgIpc) is 3.17. The van der Waals surface area contributed by atoms with Crippen LogP contribution >= 0.6 is 11.6 Å². The van der Waals surface area contributed by atoms with Gasteiger partial charge in [-0.25, -0.2) is 19.4 Å². The van der Waals surface area contributed by atoms with E-state index in [0.29, 0.717) is 54.0 Å².